The molecule has 5 heteroatoms. The molecule has 5 nitrogen and oxygen atoms in total. The average molecular weight is 262 g/mol. The normalized spacial score (nSPS) is 19.5. The molecule has 0 aromatic heterocycles. The second-order valence-electron chi connectivity index (χ2n) is 5.33. The van der Waals surface area contributed by atoms with E-state index < -0.39 is 0 Å². The fourth-order valence-electron chi connectivity index (χ4n) is 1.53. The second-order valence-corrected chi connectivity index (χ2v) is 5.33. The molecule has 1 unspecified atom stereocenters. The van der Waals surface area contributed by atoms with E-state index in [4.69, 9.17) is 24.1 Å². The minimum atomic E-state index is 0.164. The Bertz CT molecular complexity index is 206. The van der Waals surface area contributed by atoms with Crippen molar-refractivity contribution in [3.05, 3.63) is 0 Å². The molecule has 0 aromatic rings. The van der Waals surface area contributed by atoms with Gasteiger partial charge in [0.1, 0.15) is 0 Å². The summed E-state index contributed by atoms with van der Waals surface area (Å²) < 4.78 is 21.4. The maximum atomic E-state index is 8.79. The first-order chi connectivity index (χ1) is 8.66. The lowest BCUT2D eigenvalue weighted by atomic mass is 9.90. The van der Waals surface area contributed by atoms with Crippen molar-refractivity contribution in [2.45, 2.75) is 13.8 Å². The highest BCUT2D eigenvalue weighted by Crippen LogP contribution is 2.26. The minimum Gasteiger partial charge on any atom is -0.396 e. The minimum absolute atomic E-state index is 0.164. The van der Waals surface area contributed by atoms with Crippen molar-refractivity contribution in [1.82, 2.24) is 0 Å². The van der Waals surface area contributed by atoms with Crippen molar-refractivity contribution in [3.63, 3.8) is 0 Å². The summed E-state index contributed by atoms with van der Waals surface area (Å²) in [6, 6.07) is 0. The van der Waals surface area contributed by atoms with Crippen LogP contribution < -0.4 is 0 Å². The second kappa shape index (κ2) is 8.82. The van der Waals surface area contributed by atoms with Gasteiger partial charge >= 0.3 is 0 Å². The van der Waals surface area contributed by atoms with Gasteiger partial charge in [-0.1, -0.05) is 13.8 Å². The molecule has 1 heterocycles. The van der Waals surface area contributed by atoms with Crippen molar-refractivity contribution in [3.8, 4) is 0 Å². The van der Waals surface area contributed by atoms with Crippen LogP contribution in [0.4, 0.5) is 0 Å². The predicted octanol–water partition coefficient (Wildman–Crippen LogP) is 0.701. The summed E-state index contributed by atoms with van der Waals surface area (Å²) >= 11 is 0. The SMILES string of the molecule is CC(CO)COCCOCCOCC1(C)COC1. The maximum Gasteiger partial charge on any atom is 0.0701 e. The summed E-state index contributed by atoms with van der Waals surface area (Å²) in [6.45, 7) is 9.52. The van der Waals surface area contributed by atoms with Gasteiger partial charge in [-0.15, -0.1) is 0 Å². The molecule has 1 aliphatic heterocycles. The third-order valence-electron chi connectivity index (χ3n) is 2.81. The number of rotatable bonds is 11. The summed E-state index contributed by atoms with van der Waals surface area (Å²) in [5, 5.41) is 8.79. The summed E-state index contributed by atoms with van der Waals surface area (Å²) in [7, 11) is 0. The number of hydrogen-bond donors (Lipinski definition) is 1. The Morgan fingerprint density at radius 1 is 1.11 bits per heavy atom. The van der Waals surface area contributed by atoms with E-state index in [2.05, 4.69) is 6.92 Å². The van der Waals surface area contributed by atoms with Gasteiger partial charge in [0.15, 0.2) is 0 Å². The van der Waals surface area contributed by atoms with Crippen LogP contribution in [0.25, 0.3) is 0 Å². The van der Waals surface area contributed by atoms with E-state index in [9.17, 15) is 0 Å². The van der Waals surface area contributed by atoms with E-state index >= 15 is 0 Å². The van der Waals surface area contributed by atoms with Gasteiger partial charge < -0.3 is 24.1 Å². The molecule has 1 rings (SSSR count). The lowest BCUT2D eigenvalue weighted by Crippen LogP contribution is -2.43. The first kappa shape index (κ1) is 15.9. The lowest BCUT2D eigenvalue weighted by molar-refractivity contribution is -0.141. The van der Waals surface area contributed by atoms with E-state index in [0.29, 0.717) is 33.0 Å². The molecule has 0 radical (unpaired) electrons. The number of hydrogen-bond acceptors (Lipinski definition) is 5. The van der Waals surface area contributed by atoms with Crippen molar-refractivity contribution < 1.29 is 24.1 Å². The van der Waals surface area contributed by atoms with E-state index in [1.165, 1.54) is 0 Å². The van der Waals surface area contributed by atoms with Gasteiger partial charge in [0.2, 0.25) is 0 Å². The Morgan fingerprint density at radius 3 is 2.28 bits per heavy atom. The highest BCUT2D eigenvalue weighted by molar-refractivity contribution is 4.79. The smallest absolute Gasteiger partial charge is 0.0701 e. The van der Waals surface area contributed by atoms with E-state index in [-0.39, 0.29) is 17.9 Å². The third-order valence-corrected chi connectivity index (χ3v) is 2.81. The fraction of sp³-hybridized carbons (Fsp3) is 1.00. The Hall–Kier alpha value is -0.200. The molecule has 0 bridgehead atoms. The largest absolute Gasteiger partial charge is 0.396 e. The van der Waals surface area contributed by atoms with Crippen molar-refractivity contribution in [1.29, 1.82) is 0 Å². The monoisotopic (exact) mass is 262 g/mol. The molecule has 0 aliphatic carbocycles. The predicted molar refractivity (Wildman–Crippen MR) is 67.6 cm³/mol. The Labute approximate surface area is 109 Å². The fourth-order valence-corrected chi connectivity index (χ4v) is 1.53. The Morgan fingerprint density at radius 2 is 1.72 bits per heavy atom. The molecule has 108 valence electrons. The average Bonchev–Trinajstić information content (AvgIpc) is 2.34. The summed E-state index contributed by atoms with van der Waals surface area (Å²) in [6.07, 6.45) is 0. The molecule has 0 spiro atoms. The molecule has 1 saturated heterocycles. The van der Waals surface area contributed by atoms with E-state index in [0.717, 1.165) is 19.8 Å². The van der Waals surface area contributed by atoms with Gasteiger partial charge in [-0.2, -0.15) is 0 Å². The third kappa shape index (κ3) is 6.66. The van der Waals surface area contributed by atoms with Gasteiger partial charge in [0.05, 0.1) is 52.9 Å². The summed E-state index contributed by atoms with van der Waals surface area (Å²) in [5.74, 6) is 0.193. The zero-order valence-electron chi connectivity index (χ0n) is 11.5. The molecule has 0 saturated carbocycles. The molecule has 1 fully saturated rings. The molecular formula is C13H26O5. The van der Waals surface area contributed by atoms with E-state index in [1.54, 1.807) is 0 Å². The zero-order valence-corrected chi connectivity index (χ0v) is 11.5. The van der Waals surface area contributed by atoms with Gasteiger partial charge in [-0.05, 0) is 0 Å². The van der Waals surface area contributed by atoms with Crippen LogP contribution in [-0.2, 0) is 18.9 Å². The molecule has 18 heavy (non-hydrogen) atoms. The van der Waals surface area contributed by atoms with Gasteiger partial charge in [0, 0.05) is 17.9 Å². The van der Waals surface area contributed by atoms with Gasteiger partial charge in [-0.25, -0.2) is 0 Å². The molecule has 1 atom stereocenters. The quantitative estimate of drug-likeness (QED) is 0.556. The van der Waals surface area contributed by atoms with Gasteiger partial charge in [-0.3, -0.25) is 0 Å². The van der Waals surface area contributed by atoms with Crippen LogP contribution in [0.3, 0.4) is 0 Å². The molecule has 0 aromatic carbocycles. The van der Waals surface area contributed by atoms with E-state index in [1.807, 2.05) is 6.92 Å². The van der Waals surface area contributed by atoms with Crippen LogP contribution >= 0.6 is 0 Å². The Kier molecular flexibility index (Phi) is 7.77. The first-order valence-electron chi connectivity index (χ1n) is 6.58. The molecule has 0 amide bonds. The lowest BCUT2D eigenvalue weighted by Gasteiger charge is -2.37. The van der Waals surface area contributed by atoms with Crippen LogP contribution in [0.1, 0.15) is 13.8 Å². The number of aliphatic hydroxyl groups is 1. The van der Waals surface area contributed by atoms with Crippen LogP contribution in [0.15, 0.2) is 0 Å². The number of aliphatic hydroxyl groups excluding tert-OH is 1. The van der Waals surface area contributed by atoms with Crippen molar-refractivity contribution in [2.24, 2.45) is 11.3 Å². The van der Waals surface area contributed by atoms with Crippen LogP contribution in [0.2, 0.25) is 0 Å². The number of ether oxygens (including phenoxy) is 4. The highest BCUT2D eigenvalue weighted by atomic mass is 16.5. The summed E-state index contributed by atoms with van der Waals surface area (Å²) in [5.41, 5.74) is 0.212. The standard InChI is InChI=1S/C13H26O5/c1-12(7-14)8-16-5-3-15-4-6-17-9-13(2)10-18-11-13/h12,14H,3-11H2,1-2H3. The van der Waals surface area contributed by atoms with Crippen LogP contribution in [0, 0.1) is 11.3 Å². The molecule has 1 N–H and O–H groups in total. The van der Waals surface area contributed by atoms with Gasteiger partial charge in [0.25, 0.3) is 0 Å². The van der Waals surface area contributed by atoms with Crippen LogP contribution in [0.5, 0.6) is 0 Å². The Balaban J connectivity index is 1.76. The summed E-state index contributed by atoms with van der Waals surface area (Å²) in [4.78, 5) is 0. The molecular weight excluding hydrogens is 236 g/mol. The topological polar surface area (TPSA) is 57.2 Å². The van der Waals surface area contributed by atoms with Crippen molar-refractivity contribution in [2.75, 3.05) is 59.5 Å². The zero-order chi connectivity index (χ0) is 13.3. The first-order valence-corrected chi connectivity index (χ1v) is 6.58. The molecule has 1 aliphatic rings. The van der Waals surface area contributed by atoms with Crippen LogP contribution in [-0.4, -0.2) is 64.6 Å². The highest BCUT2D eigenvalue weighted by Gasteiger charge is 2.33. The maximum absolute atomic E-state index is 8.79. The van der Waals surface area contributed by atoms with Crippen molar-refractivity contribution >= 4 is 0 Å².